The van der Waals surface area contributed by atoms with Gasteiger partial charge in [0.1, 0.15) is 4.70 Å². The van der Waals surface area contributed by atoms with Crippen LogP contribution in [-0.2, 0) is 16.7 Å². The fraction of sp³-hybridized carbons (Fsp3) is 0.184. The number of thiazole rings is 1. The minimum Gasteiger partial charge on any atom is -0.748 e. The summed E-state index contributed by atoms with van der Waals surface area (Å²) in [5.41, 5.74) is 4.11. The molecule has 2 aromatic heterocycles. The summed E-state index contributed by atoms with van der Waals surface area (Å²) in [5.74, 6) is 0.872. The normalized spacial score (nSPS) is 14.2. The molecule has 0 bridgehead atoms. The van der Waals surface area contributed by atoms with Crippen LogP contribution >= 0.6 is 11.3 Å². The molecule has 8 rings (SSSR count). The van der Waals surface area contributed by atoms with Crippen molar-refractivity contribution in [1.82, 2.24) is 4.57 Å². The van der Waals surface area contributed by atoms with Crippen molar-refractivity contribution < 1.29 is 22.3 Å². The van der Waals surface area contributed by atoms with E-state index < -0.39 is 15.9 Å². The molecule has 47 heavy (non-hydrogen) atoms. The second-order valence-corrected chi connectivity index (χ2v) is 14.6. The van der Waals surface area contributed by atoms with Gasteiger partial charge in [0.05, 0.1) is 32.8 Å². The van der Waals surface area contributed by atoms with Crippen LogP contribution < -0.4 is 14.2 Å². The number of ether oxygens (including phenoxy) is 1. The molecule has 0 aliphatic carbocycles. The van der Waals surface area contributed by atoms with Crippen LogP contribution in [0.3, 0.4) is 0 Å². The third kappa shape index (κ3) is 5.44. The van der Waals surface area contributed by atoms with Crippen LogP contribution in [-0.4, -0.2) is 29.8 Å². The number of benzene rings is 5. The van der Waals surface area contributed by atoms with Crippen LogP contribution in [0.1, 0.15) is 31.2 Å². The fourth-order valence-electron chi connectivity index (χ4n) is 6.73. The highest BCUT2D eigenvalue weighted by molar-refractivity contribution is 7.85. The summed E-state index contributed by atoms with van der Waals surface area (Å²) in [5, 5.41) is 7.10. The number of rotatable bonds is 9. The first-order chi connectivity index (χ1) is 22.9. The zero-order chi connectivity index (χ0) is 32.1. The van der Waals surface area contributed by atoms with Gasteiger partial charge < -0.3 is 18.8 Å². The third-order valence-corrected chi connectivity index (χ3v) is 10.8. The Labute approximate surface area is 277 Å². The van der Waals surface area contributed by atoms with E-state index in [1.807, 2.05) is 29.2 Å². The lowest BCUT2D eigenvalue weighted by molar-refractivity contribution is -0.668. The van der Waals surface area contributed by atoms with Crippen molar-refractivity contribution in [2.75, 3.05) is 17.2 Å². The minimum atomic E-state index is -4.35. The van der Waals surface area contributed by atoms with E-state index in [9.17, 15) is 13.0 Å². The van der Waals surface area contributed by atoms with Gasteiger partial charge in [0, 0.05) is 30.6 Å². The molecule has 9 heteroatoms. The zero-order valence-corrected chi connectivity index (χ0v) is 27.6. The van der Waals surface area contributed by atoms with Crippen LogP contribution in [0, 0.1) is 0 Å². The van der Waals surface area contributed by atoms with Crippen molar-refractivity contribution in [1.29, 1.82) is 0 Å². The maximum Gasteiger partial charge on any atom is 0.268 e. The Morgan fingerprint density at radius 3 is 2.53 bits per heavy atom. The molecule has 0 saturated carbocycles. The van der Waals surface area contributed by atoms with Crippen LogP contribution in [0.4, 0.5) is 5.69 Å². The molecule has 0 saturated heterocycles. The molecule has 7 aromatic rings. The number of hydrogen-bond donors (Lipinski definition) is 0. The molecule has 0 N–H and O–H groups in total. The van der Waals surface area contributed by atoms with Crippen LogP contribution in [0.5, 0.6) is 5.75 Å². The van der Waals surface area contributed by atoms with Crippen molar-refractivity contribution in [2.45, 2.75) is 32.7 Å². The number of unbranched alkanes of at least 4 members (excludes halogenated alkanes) is 1. The molecule has 236 valence electrons. The number of fused-ring (bicyclic) bond motifs is 7. The molecule has 0 spiro atoms. The number of aromatic nitrogens is 2. The van der Waals surface area contributed by atoms with Gasteiger partial charge in [-0.05, 0) is 70.4 Å². The summed E-state index contributed by atoms with van der Waals surface area (Å²) in [6, 6.07) is 33.8. The van der Waals surface area contributed by atoms with Gasteiger partial charge in [-0.1, -0.05) is 79.3 Å². The Bertz CT molecular complexity index is 2460. The van der Waals surface area contributed by atoms with Crippen LogP contribution in [0.25, 0.3) is 54.4 Å². The molecule has 3 heterocycles. The molecule has 0 fully saturated rings. The Hall–Kier alpha value is -4.70. The number of nitrogens with zero attached hydrogens (tertiary/aromatic N) is 3. The molecule has 1 aliphatic rings. The van der Waals surface area contributed by atoms with Gasteiger partial charge in [-0.2, -0.15) is 4.57 Å². The molecule has 7 nitrogen and oxygen atoms in total. The smallest absolute Gasteiger partial charge is 0.268 e. The Kier molecular flexibility index (Phi) is 7.47. The zero-order valence-electron chi connectivity index (χ0n) is 25.9. The average molecular weight is 660 g/mol. The predicted octanol–water partition coefficient (Wildman–Crippen LogP) is 8.37. The highest BCUT2D eigenvalue weighted by Crippen LogP contribution is 2.42. The summed E-state index contributed by atoms with van der Waals surface area (Å²) in [6.45, 7) is 3.38. The Morgan fingerprint density at radius 1 is 0.872 bits per heavy atom. The summed E-state index contributed by atoms with van der Waals surface area (Å²) >= 11 is 1.72. The maximum atomic E-state index is 11.6. The highest BCUT2D eigenvalue weighted by Gasteiger charge is 2.30. The van der Waals surface area contributed by atoms with Crippen LogP contribution in [0.2, 0.25) is 0 Å². The van der Waals surface area contributed by atoms with Gasteiger partial charge in [-0.25, -0.2) is 8.42 Å². The number of aryl methyl sites for hydroxylation is 1. The summed E-state index contributed by atoms with van der Waals surface area (Å²) < 4.78 is 46.9. The molecule has 0 amide bonds. The predicted molar refractivity (Wildman–Crippen MR) is 190 cm³/mol. The van der Waals surface area contributed by atoms with Gasteiger partial charge in [-0.15, -0.1) is 0 Å². The maximum absolute atomic E-state index is 11.6. The quantitative estimate of drug-likeness (QED) is 0.0884. The second-order valence-electron chi connectivity index (χ2n) is 12.0. The van der Waals surface area contributed by atoms with E-state index in [-0.39, 0.29) is 6.42 Å². The lowest BCUT2D eigenvalue weighted by Gasteiger charge is -2.19. The standard InChI is InChI=1S/C38H33N3O4S2/c1-2-3-20-41-37(46-35-18-16-30-29-11-6-4-9-26(29)13-15-31(30)38(35)41)25-36-40(21-8-23-47(42,43)44)33-24-28(14-17-34(33)45-36)39-22-19-27-10-5-7-12-32(27)39/h4-7,9-19,22,24-25H,2-3,8,20-21,23H2,1H3. The summed E-state index contributed by atoms with van der Waals surface area (Å²) in [7, 11) is -4.35. The van der Waals surface area contributed by atoms with Crippen molar-refractivity contribution in [2.24, 2.45) is 0 Å². The first-order valence-electron chi connectivity index (χ1n) is 16.0. The molecule has 0 unspecified atom stereocenters. The SMILES string of the molecule is CCCC[n+]1c(/C=C2\Oc3ccc(-n4ccc5ccccc54)cc3N2CCCS(=O)(=O)[O-])sc2ccc3c4ccccc4ccc3c21. The van der Waals surface area contributed by atoms with E-state index in [1.54, 1.807) is 11.3 Å². The first-order valence-corrected chi connectivity index (χ1v) is 18.4. The lowest BCUT2D eigenvalue weighted by atomic mass is 10.0. The monoisotopic (exact) mass is 659 g/mol. The summed E-state index contributed by atoms with van der Waals surface area (Å²) in [4.78, 5) is 2.01. The average Bonchev–Trinajstić information content (AvgIpc) is 3.76. The molecule has 1 aliphatic heterocycles. The van der Waals surface area contributed by atoms with Gasteiger partial charge in [-0.3, -0.25) is 0 Å². The molecular formula is C38H33N3O4S2. The van der Waals surface area contributed by atoms with E-state index in [0.29, 0.717) is 18.2 Å². The fourth-order valence-corrected chi connectivity index (χ4v) is 8.34. The van der Waals surface area contributed by atoms with Crippen molar-refractivity contribution in [3.05, 3.63) is 114 Å². The van der Waals surface area contributed by atoms with Crippen molar-refractivity contribution >= 4 is 75.9 Å². The number of anilines is 1. The van der Waals surface area contributed by atoms with Gasteiger partial charge >= 0.3 is 0 Å². The van der Waals surface area contributed by atoms with E-state index in [0.717, 1.165) is 46.7 Å². The Balaban J connectivity index is 1.26. The van der Waals surface area contributed by atoms with E-state index in [4.69, 9.17) is 4.74 Å². The molecular weight excluding hydrogens is 627 g/mol. The highest BCUT2D eigenvalue weighted by atomic mass is 32.2. The second kappa shape index (κ2) is 11.8. The van der Waals surface area contributed by atoms with Gasteiger partial charge in [0.2, 0.25) is 11.4 Å². The van der Waals surface area contributed by atoms with E-state index in [2.05, 4.69) is 101 Å². The summed E-state index contributed by atoms with van der Waals surface area (Å²) in [6.07, 6.45) is 6.39. The third-order valence-electron chi connectivity index (χ3n) is 8.96. The topological polar surface area (TPSA) is 78.5 Å². The number of hydrogen-bond acceptors (Lipinski definition) is 6. The van der Waals surface area contributed by atoms with Gasteiger partial charge in [0.15, 0.2) is 12.3 Å². The lowest BCUT2D eigenvalue weighted by Crippen LogP contribution is -2.35. The van der Waals surface area contributed by atoms with Crippen molar-refractivity contribution in [3.63, 3.8) is 0 Å². The van der Waals surface area contributed by atoms with Crippen LogP contribution in [0.15, 0.2) is 109 Å². The Morgan fingerprint density at radius 2 is 1.68 bits per heavy atom. The molecule has 5 aromatic carbocycles. The first kappa shape index (κ1) is 29.7. The van der Waals surface area contributed by atoms with Crippen molar-refractivity contribution in [3.8, 4) is 11.4 Å². The minimum absolute atomic E-state index is 0.183. The largest absolute Gasteiger partial charge is 0.748 e. The van der Waals surface area contributed by atoms with E-state index >= 15 is 0 Å². The molecule has 0 atom stereocenters. The van der Waals surface area contributed by atoms with E-state index in [1.165, 1.54) is 31.8 Å². The van der Waals surface area contributed by atoms with Gasteiger partial charge in [0.25, 0.3) is 5.01 Å². The molecule has 0 radical (unpaired) electrons. The number of para-hydroxylation sites is 1.